The van der Waals surface area contributed by atoms with Crippen LogP contribution in [0, 0.1) is 13.8 Å². The van der Waals surface area contributed by atoms with Crippen LogP contribution >= 0.6 is 23.4 Å². The quantitative estimate of drug-likeness (QED) is 0.431. The smallest absolute Gasteiger partial charge is 0.256 e. The van der Waals surface area contributed by atoms with Crippen LogP contribution in [0.5, 0.6) is 0 Å². The number of hydrogen-bond donors (Lipinski definition) is 0. The van der Waals surface area contributed by atoms with E-state index in [0.29, 0.717) is 0 Å². The third-order valence-electron chi connectivity index (χ3n) is 1.76. The molecule has 0 aliphatic rings. The number of rotatable bonds is 5. The fourth-order valence-corrected chi connectivity index (χ4v) is 1.96. The van der Waals surface area contributed by atoms with Crippen LogP contribution in [-0.2, 0) is 0 Å². The SMILES string of the molecule is Cc1nc(SCCCCCl)oc1C. The Bertz CT molecular complexity index is 243. The van der Waals surface area contributed by atoms with E-state index in [2.05, 4.69) is 4.98 Å². The minimum atomic E-state index is 0.740. The van der Waals surface area contributed by atoms with Crippen molar-refractivity contribution in [3.05, 3.63) is 11.5 Å². The highest BCUT2D eigenvalue weighted by Crippen LogP contribution is 2.20. The number of halogens is 1. The van der Waals surface area contributed by atoms with Gasteiger partial charge in [-0.1, -0.05) is 11.8 Å². The molecule has 74 valence electrons. The van der Waals surface area contributed by atoms with Crippen molar-refractivity contribution in [2.75, 3.05) is 11.6 Å². The van der Waals surface area contributed by atoms with Gasteiger partial charge in [-0.15, -0.1) is 11.6 Å². The topological polar surface area (TPSA) is 26.0 Å². The number of aryl methyl sites for hydroxylation is 2. The summed E-state index contributed by atoms with van der Waals surface area (Å²) in [5, 5.41) is 0.782. The summed E-state index contributed by atoms with van der Waals surface area (Å²) in [6.07, 6.45) is 2.18. The van der Waals surface area contributed by atoms with Crippen molar-refractivity contribution in [1.29, 1.82) is 0 Å². The second-order valence-electron chi connectivity index (χ2n) is 2.87. The first-order valence-electron chi connectivity index (χ1n) is 4.37. The fourth-order valence-electron chi connectivity index (χ4n) is 0.861. The van der Waals surface area contributed by atoms with Crippen LogP contribution in [0.4, 0.5) is 0 Å². The van der Waals surface area contributed by atoms with E-state index >= 15 is 0 Å². The van der Waals surface area contributed by atoms with Gasteiger partial charge in [0, 0.05) is 11.6 Å². The molecule has 1 heterocycles. The summed E-state index contributed by atoms with van der Waals surface area (Å²) in [6, 6.07) is 0. The predicted molar refractivity (Wildman–Crippen MR) is 56.7 cm³/mol. The third kappa shape index (κ3) is 3.61. The van der Waals surface area contributed by atoms with Gasteiger partial charge in [0.2, 0.25) is 0 Å². The molecule has 2 nitrogen and oxygen atoms in total. The van der Waals surface area contributed by atoms with Crippen molar-refractivity contribution in [3.8, 4) is 0 Å². The van der Waals surface area contributed by atoms with E-state index < -0.39 is 0 Å². The molecule has 13 heavy (non-hydrogen) atoms. The maximum absolute atomic E-state index is 5.56. The number of hydrogen-bond acceptors (Lipinski definition) is 3. The molecule has 1 rings (SSSR count). The Hall–Kier alpha value is -0.150. The number of thioether (sulfide) groups is 1. The van der Waals surface area contributed by atoms with Gasteiger partial charge < -0.3 is 4.42 Å². The summed E-state index contributed by atoms with van der Waals surface area (Å²) in [4.78, 5) is 4.27. The van der Waals surface area contributed by atoms with Crippen LogP contribution in [0.3, 0.4) is 0 Å². The second-order valence-corrected chi connectivity index (χ2v) is 4.29. The Balaban J connectivity index is 2.29. The van der Waals surface area contributed by atoms with Crippen LogP contribution in [0.1, 0.15) is 24.3 Å². The number of oxazole rings is 1. The molecule has 0 aliphatic heterocycles. The predicted octanol–water partition coefficient (Wildman–Crippen LogP) is 3.40. The average Bonchev–Trinajstić information content (AvgIpc) is 2.41. The fraction of sp³-hybridized carbons (Fsp3) is 0.667. The Morgan fingerprint density at radius 1 is 1.38 bits per heavy atom. The zero-order valence-electron chi connectivity index (χ0n) is 7.97. The number of aromatic nitrogens is 1. The van der Waals surface area contributed by atoms with E-state index in [9.17, 15) is 0 Å². The monoisotopic (exact) mass is 219 g/mol. The molecule has 0 radical (unpaired) electrons. The lowest BCUT2D eigenvalue weighted by atomic mass is 10.4. The maximum atomic E-state index is 5.56. The van der Waals surface area contributed by atoms with Gasteiger partial charge in [0.1, 0.15) is 5.76 Å². The lowest BCUT2D eigenvalue weighted by Gasteiger charge is -1.93. The standard InChI is InChI=1S/C9H14ClNOS/c1-7-8(2)12-9(11-7)13-6-4-3-5-10/h3-6H2,1-2H3. The summed E-state index contributed by atoms with van der Waals surface area (Å²) in [7, 11) is 0. The minimum absolute atomic E-state index is 0.740. The van der Waals surface area contributed by atoms with Crippen molar-refractivity contribution < 1.29 is 4.42 Å². The normalized spacial score (nSPS) is 10.7. The summed E-state index contributed by atoms with van der Waals surface area (Å²) >= 11 is 7.22. The van der Waals surface area contributed by atoms with Gasteiger partial charge in [-0.3, -0.25) is 0 Å². The summed E-state index contributed by atoms with van der Waals surface area (Å²) in [5.74, 6) is 2.69. The van der Waals surface area contributed by atoms with E-state index in [1.54, 1.807) is 11.8 Å². The molecule has 0 spiro atoms. The molecular weight excluding hydrogens is 206 g/mol. The van der Waals surface area contributed by atoms with Crippen molar-refractivity contribution in [2.24, 2.45) is 0 Å². The number of alkyl halides is 1. The van der Waals surface area contributed by atoms with Crippen LogP contribution in [0.25, 0.3) is 0 Å². The van der Waals surface area contributed by atoms with Gasteiger partial charge in [0.25, 0.3) is 5.22 Å². The van der Waals surface area contributed by atoms with Crippen LogP contribution in [0.2, 0.25) is 0 Å². The van der Waals surface area contributed by atoms with Crippen LogP contribution in [0.15, 0.2) is 9.64 Å². The van der Waals surface area contributed by atoms with Crippen molar-refractivity contribution in [3.63, 3.8) is 0 Å². The summed E-state index contributed by atoms with van der Waals surface area (Å²) in [6.45, 7) is 3.90. The molecule has 0 N–H and O–H groups in total. The van der Waals surface area contributed by atoms with Gasteiger partial charge in [0.05, 0.1) is 5.69 Å². The van der Waals surface area contributed by atoms with E-state index in [1.165, 1.54) is 0 Å². The molecule has 0 atom stereocenters. The molecule has 1 aromatic heterocycles. The van der Waals surface area contributed by atoms with E-state index in [4.69, 9.17) is 16.0 Å². The van der Waals surface area contributed by atoms with Gasteiger partial charge >= 0.3 is 0 Å². The molecule has 0 saturated carbocycles. The first-order chi connectivity index (χ1) is 6.24. The second kappa shape index (κ2) is 5.55. The zero-order valence-corrected chi connectivity index (χ0v) is 9.54. The molecule has 0 aliphatic carbocycles. The molecule has 0 bridgehead atoms. The minimum Gasteiger partial charge on any atom is -0.437 e. The van der Waals surface area contributed by atoms with E-state index in [0.717, 1.165) is 41.2 Å². The first kappa shape index (κ1) is 10.9. The van der Waals surface area contributed by atoms with Crippen LogP contribution in [-0.4, -0.2) is 16.6 Å². The van der Waals surface area contributed by atoms with Gasteiger partial charge in [0.15, 0.2) is 0 Å². The molecule has 1 aromatic rings. The Morgan fingerprint density at radius 2 is 2.15 bits per heavy atom. The summed E-state index contributed by atoms with van der Waals surface area (Å²) < 4.78 is 5.41. The molecular formula is C9H14ClNOS. The molecule has 0 fully saturated rings. The Labute approximate surface area is 88.1 Å². The summed E-state index contributed by atoms with van der Waals surface area (Å²) in [5.41, 5.74) is 0.986. The third-order valence-corrected chi connectivity index (χ3v) is 2.94. The first-order valence-corrected chi connectivity index (χ1v) is 5.89. The zero-order chi connectivity index (χ0) is 9.68. The lowest BCUT2D eigenvalue weighted by Crippen LogP contribution is -1.81. The average molecular weight is 220 g/mol. The Kier molecular flexibility index (Phi) is 4.67. The lowest BCUT2D eigenvalue weighted by molar-refractivity contribution is 0.431. The molecule has 0 amide bonds. The van der Waals surface area contributed by atoms with E-state index in [-0.39, 0.29) is 0 Å². The van der Waals surface area contributed by atoms with E-state index in [1.807, 2.05) is 13.8 Å². The highest BCUT2D eigenvalue weighted by atomic mass is 35.5. The highest BCUT2D eigenvalue weighted by molar-refractivity contribution is 7.99. The maximum Gasteiger partial charge on any atom is 0.256 e. The van der Waals surface area contributed by atoms with Gasteiger partial charge in [-0.25, -0.2) is 4.98 Å². The molecule has 0 unspecified atom stereocenters. The molecule has 4 heteroatoms. The van der Waals surface area contributed by atoms with Crippen LogP contribution < -0.4 is 0 Å². The largest absolute Gasteiger partial charge is 0.437 e. The molecule has 0 saturated heterocycles. The Morgan fingerprint density at radius 3 is 2.69 bits per heavy atom. The van der Waals surface area contributed by atoms with Crippen molar-refractivity contribution in [1.82, 2.24) is 4.98 Å². The number of nitrogens with zero attached hydrogens (tertiary/aromatic N) is 1. The number of unbranched alkanes of at least 4 members (excludes halogenated alkanes) is 1. The van der Waals surface area contributed by atoms with Gasteiger partial charge in [-0.2, -0.15) is 0 Å². The highest BCUT2D eigenvalue weighted by Gasteiger charge is 2.04. The molecule has 0 aromatic carbocycles. The van der Waals surface area contributed by atoms with Crippen molar-refractivity contribution >= 4 is 23.4 Å². The van der Waals surface area contributed by atoms with Crippen molar-refractivity contribution in [2.45, 2.75) is 31.9 Å². The van der Waals surface area contributed by atoms with Gasteiger partial charge in [-0.05, 0) is 26.7 Å².